The molecule has 0 aromatic heterocycles. The summed E-state index contributed by atoms with van der Waals surface area (Å²) in [5, 5.41) is 3.44. The van der Waals surface area contributed by atoms with E-state index in [0.29, 0.717) is 6.04 Å². The minimum Gasteiger partial charge on any atom is -0.315 e. The van der Waals surface area contributed by atoms with Crippen LogP contribution in [-0.4, -0.2) is 37.6 Å². The Balaban J connectivity index is 2.36. The van der Waals surface area contributed by atoms with E-state index in [1.807, 2.05) is 0 Å². The Morgan fingerprint density at radius 1 is 1.27 bits per heavy atom. The summed E-state index contributed by atoms with van der Waals surface area (Å²) in [7, 11) is 2.09. The number of hydrogen-bond acceptors (Lipinski definition) is 2. The molecule has 2 atom stereocenters. The number of nitrogens with one attached hydrogen (secondary N) is 1. The van der Waals surface area contributed by atoms with Gasteiger partial charge < -0.3 is 10.2 Å². The molecule has 0 amide bonds. The summed E-state index contributed by atoms with van der Waals surface area (Å²) in [5.41, 5.74) is 0. The molecule has 0 spiro atoms. The summed E-state index contributed by atoms with van der Waals surface area (Å²) in [6.45, 7) is 10.8. The smallest absolute Gasteiger partial charge is 0.0214 e. The molecule has 2 nitrogen and oxygen atoms in total. The molecule has 0 aromatic carbocycles. The molecular weight excluding hydrogens is 184 g/mol. The van der Waals surface area contributed by atoms with Crippen molar-refractivity contribution >= 4 is 0 Å². The van der Waals surface area contributed by atoms with Crippen molar-refractivity contribution < 1.29 is 0 Å². The van der Waals surface area contributed by atoms with Crippen LogP contribution in [0.25, 0.3) is 0 Å². The number of hydrogen-bond donors (Lipinski definition) is 1. The minimum atomic E-state index is 0.651. The fourth-order valence-electron chi connectivity index (χ4n) is 2.42. The van der Waals surface area contributed by atoms with E-state index < -0.39 is 0 Å². The highest BCUT2D eigenvalue weighted by Crippen LogP contribution is 2.17. The van der Waals surface area contributed by atoms with Gasteiger partial charge in [0, 0.05) is 12.6 Å². The topological polar surface area (TPSA) is 15.3 Å². The van der Waals surface area contributed by atoms with E-state index >= 15 is 0 Å². The molecule has 0 aromatic rings. The first-order valence-electron chi connectivity index (χ1n) is 6.53. The molecule has 2 heteroatoms. The summed E-state index contributed by atoms with van der Waals surface area (Å²) in [6.07, 6.45) is 4.19. The normalized spacial score (nSPS) is 26.6. The largest absolute Gasteiger partial charge is 0.315 e. The van der Waals surface area contributed by atoms with E-state index in [9.17, 15) is 0 Å². The second-order valence-electron chi connectivity index (χ2n) is 5.48. The van der Waals surface area contributed by atoms with E-state index in [4.69, 9.17) is 0 Å². The van der Waals surface area contributed by atoms with Crippen LogP contribution in [0.5, 0.6) is 0 Å². The van der Waals surface area contributed by atoms with E-state index in [0.717, 1.165) is 11.8 Å². The zero-order valence-corrected chi connectivity index (χ0v) is 10.9. The number of nitrogens with zero attached hydrogens (tertiary/aromatic N) is 1. The molecular formula is C13H28N2. The highest BCUT2D eigenvalue weighted by molar-refractivity contribution is 4.76. The van der Waals surface area contributed by atoms with Crippen molar-refractivity contribution in [3.8, 4) is 0 Å². The number of rotatable bonds is 4. The molecule has 1 fully saturated rings. The summed E-state index contributed by atoms with van der Waals surface area (Å²) in [4.78, 5) is 2.64. The second-order valence-corrected chi connectivity index (χ2v) is 5.48. The van der Waals surface area contributed by atoms with Gasteiger partial charge in [-0.15, -0.1) is 0 Å². The molecule has 1 rings (SSSR count). The Morgan fingerprint density at radius 2 is 2.00 bits per heavy atom. The van der Waals surface area contributed by atoms with Crippen molar-refractivity contribution in [1.82, 2.24) is 10.2 Å². The van der Waals surface area contributed by atoms with E-state index in [1.165, 1.54) is 38.9 Å². The SMILES string of the molecule is CNC(CN1CCCC(C)CC1)C(C)C. The van der Waals surface area contributed by atoms with Crippen LogP contribution in [0, 0.1) is 11.8 Å². The molecule has 2 unspecified atom stereocenters. The van der Waals surface area contributed by atoms with Crippen LogP contribution < -0.4 is 5.32 Å². The first-order valence-corrected chi connectivity index (χ1v) is 6.53. The van der Waals surface area contributed by atoms with Gasteiger partial charge in [-0.05, 0) is 51.2 Å². The van der Waals surface area contributed by atoms with Crippen LogP contribution in [0.4, 0.5) is 0 Å². The molecule has 15 heavy (non-hydrogen) atoms. The number of likely N-dealkylation sites (tertiary alicyclic amines) is 1. The quantitative estimate of drug-likeness (QED) is 0.769. The van der Waals surface area contributed by atoms with Gasteiger partial charge in [0.2, 0.25) is 0 Å². The van der Waals surface area contributed by atoms with Crippen LogP contribution in [0.15, 0.2) is 0 Å². The van der Waals surface area contributed by atoms with Gasteiger partial charge >= 0.3 is 0 Å². The third-order valence-corrected chi connectivity index (χ3v) is 3.74. The van der Waals surface area contributed by atoms with E-state index in [-0.39, 0.29) is 0 Å². The molecule has 0 aliphatic carbocycles. The summed E-state index contributed by atoms with van der Waals surface area (Å²) in [5.74, 6) is 1.66. The third-order valence-electron chi connectivity index (χ3n) is 3.74. The fourth-order valence-corrected chi connectivity index (χ4v) is 2.42. The van der Waals surface area contributed by atoms with Crippen LogP contribution in [0.2, 0.25) is 0 Å². The monoisotopic (exact) mass is 212 g/mol. The van der Waals surface area contributed by atoms with Gasteiger partial charge in [-0.2, -0.15) is 0 Å². The van der Waals surface area contributed by atoms with Crippen molar-refractivity contribution in [2.45, 2.75) is 46.1 Å². The molecule has 0 radical (unpaired) electrons. The first kappa shape index (κ1) is 13.0. The van der Waals surface area contributed by atoms with Crippen LogP contribution in [-0.2, 0) is 0 Å². The van der Waals surface area contributed by atoms with Gasteiger partial charge in [0.15, 0.2) is 0 Å². The first-order chi connectivity index (χ1) is 7.13. The Kier molecular flexibility index (Phi) is 5.62. The van der Waals surface area contributed by atoms with Gasteiger partial charge in [0.1, 0.15) is 0 Å². The summed E-state index contributed by atoms with van der Waals surface area (Å²) < 4.78 is 0. The molecule has 90 valence electrons. The highest BCUT2D eigenvalue weighted by atomic mass is 15.1. The lowest BCUT2D eigenvalue weighted by atomic mass is 10.0. The molecule has 1 heterocycles. The molecule has 1 aliphatic rings. The predicted octanol–water partition coefficient (Wildman–Crippen LogP) is 2.35. The van der Waals surface area contributed by atoms with Gasteiger partial charge in [-0.25, -0.2) is 0 Å². The van der Waals surface area contributed by atoms with Crippen LogP contribution in [0.3, 0.4) is 0 Å². The Hall–Kier alpha value is -0.0800. The Bertz CT molecular complexity index is 168. The van der Waals surface area contributed by atoms with Gasteiger partial charge in [-0.1, -0.05) is 20.8 Å². The Morgan fingerprint density at radius 3 is 2.60 bits per heavy atom. The maximum atomic E-state index is 3.44. The average Bonchev–Trinajstić information content (AvgIpc) is 2.39. The van der Waals surface area contributed by atoms with E-state index in [1.54, 1.807) is 0 Å². The second kappa shape index (κ2) is 6.49. The lowest BCUT2D eigenvalue weighted by Gasteiger charge is -2.28. The number of likely N-dealkylation sites (N-methyl/N-ethyl adjacent to an activating group) is 1. The third kappa shape index (κ3) is 4.52. The standard InChI is InChI=1S/C13H28N2/c1-11(2)13(14-4)10-15-8-5-6-12(3)7-9-15/h11-14H,5-10H2,1-4H3. The maximum absolute atomic E-state index is 3.44. The maximum Gasteiger partial charge on any atom is 0.0214 e. The summed E-state index contributed by atoms with van der Waals surface area (Å²) >= 11 is 0. The van der Waals surface area contributed by atoms with Crippen LogP contribution in [0.1, 0.15) is 40.0 Å². The Labute approximate surface area is 95.4 Å². The van der Waals surface area contributed by atoms with Gasteiger partial charge in [0.05, 0.1) is 0 Å². The molecule has 0 bridgehead atoms. The molecule has 1 aliphatic heterocycles. The fraction of sp³-hybridized carbons (Fsp3) is 1.00. The lowest BCUT2D eigenvalue weighted by molar-refractivity contribution is 0.228. The van der Waals surface area contributed by atoms with Gasteiger partial charge in [-0.3, -0.25) is 0 Å². The summed E-state index contributed by atoms with van der Waals surface area (Å²) in [6, 6.07) is 0.651. The van der Waals surface area contributed by atoms with Crippen molar-refractivity contribution in [3.63, 3.8) is 0 Å². The predicted molar refractivity (Wildman–Crippen MR) is 67.1 cm³/mol. The van der Waals surface area contributed by atoms with Crippen molar-refractivity contribution in [1.29, 1.82) is 0 Å². The van der Waals surface area contributed by atoms with Gasteiger partial charge in [0.25, 0.3) is 0 Å². The highest BCUT2D eigenvalue weighted by Gasteiger charge is 2.18. The molecule has 0 saturated carbocycles. The zero-order valence-electron chi connectivity index (χ0n) is 10.9. The minimum absolute atomic E-state index is 0.651. The van der Waals surface area contributed by atoms with Crippen molar-refractivity contribution in [3.05, 3.63) is 0 Å². The zero-order chi connectivity index (χ0) is 11.3. The van der Waals surface area contributed by atoms with Crippen molar-refractivity contribution in [2.24, 2.45) is 11.8 Å². The lowest BCUT2D eigenvalue weighted by Crippen LogP contribution is -2.43. The van der Waals surface area contributed by atoms with Crippen LogP contribution >= 0.6 is 0 Å². The average molecular weight is 212 g/mol. The molecule has 1 N–H and O–H groups in total. The van der Waals surface area contributed by atoms with E-state index in [2.05, 4.69) is 38.0 Å². The molecule has 1 saturated heterocycles. The van der Waals surface area contributed by atoms with Crippen molar-refractivity contribution in [2.75, 3.05) is 26.7 Å².